The summed E-state index contributed by atoms with van der Waals surface area (Å²) in [4.78, 5) is 4.84. The molecule has 0 unspecified atom stereocenters. The molecule has 0 saturated carbocycles. The van der Waals surface area contributed by atoms with Crippen LogP contribution in [0.5, 0.6) is 5.75 Å². The fourth-order valence-electron chi connectivity index (χ4n) is 2.87. The van der Waals surface area contributed by atoms with Crippen molar-refractivity contribution >= 4 is 37.3 Å². The summed E-state index contributed by atoms with van der Waals surface area (Å²) in [7, 11) is -2.14. The maximum Gasteiger partial charge on any atom is 0.261 e. The van der Waals surface area contributed by atoms with Crippen LogP contribution >= 0.6 is 11.3 Å². The molecular weight excluding hydrogens is 392 g/mol. The average Bonchev–Trinajstić information content (AvgIpc) is 3.14. The number of para-hydroxylation sites is 1. The number of aryl methyl sites for hydroxylation is 1. The second-order valence-corrected chi connectivity index (χ2v) is 9.01. The topological polar surface area (TPSA) is 68.3 Å². The normalized spacial score (nSPS) is 11.5. The van der Waals surface area contributed by atoms with Gasteiger partial charge in [-0.05, 0) is 67.1 Å². The first-order valence-corrected chi connectivity index (χ1v) is 10.9. The highest BCUT2D eigenvalue weighted by Crippen LogP contribution is 2.32. The van der Waals surface area contributed by atoms with Gasteiger partial charge < -0.3 is 4.74 Å². The highest BCUT2D eigenvalue weighted by Gasteiger charge is 2.16. The Hall–Kier alpha value is -2.90. The number of methoxy groups -OCH3 is 1. The van der Waals surface area contributed by atoms with Gasteiger partial charge in [-0.1, -0.05) is 12.1 Å². The quantitative estimate of drug-likeness (QED) is 0.498. The number of sulfonamides is 1. The summed E-state index contributed by atoms with van der Waals surface area (Å²) >= 11 is 1.62. The molecule has 5 nitrogen and oxygen atoms in total. The number of rotatable bonds is 5. The molecule has 0 aliphatic heterocycles. The highest BCUT2D eigenvalue weighted by atomic mass is 32.2. The number of anilines is 1. The highest BCUT2D eigenvalue weighted by molar-refractivity contribution is 7.92. The predicted octanol–water partition coefficient (Wildman–Crippen LogP) is 5.08. The van der Waals surface area contributed by atoms with Crippen molar-refractivity contribution in [2.45, 2.75) is 11.8 Å². The zero-order chi connectivity index (χ0) is 19.7. The molecule has 142 valence electrons. The Morgan fingerprint density at radius 1 is 1.00 bits per heavy atom. The van der Waals surface area contributed by atoms with E-state index < -0.39 is 10.0 Å². The van der Waals surface area contributed by atoms with Crippen molar-refractivity contribution < 1.29 is 13.2 Å². The zero-order valence-corrected chi connectivity index (χ0v) is 17.0. The molecule has 4 rings (SSSR count). The van der Waals surface area contributed by atoms with Crippen molar-refractivity contribution in [1.29, 1.82) is 0 Å². The van der Waals surface area contributed by atoms with Crippen LogP contribution in [0.3, 0.4) is 0 Å². The minimum Gasteiger partial charge on any atom is -0.497 e. The molecule has 7 heteroatoms. The predicted molar refractivity (Wildman–Crippen MR) is 114 cm³/mol. The van der Waals surface area contributed by atoms with Crippen LogP contribution in [0.15, 0.2) is 71.6 Å². The van der Waals surface area contributed by atoms with Gasteiger partial charge >= 0.3 is 0 Å². The van der Waals surface area contributed by atoms with Gasteiger partial charge in [0.25, 0.3) is 10.0 Å². The third kappa shape index (κ3) is 3.58. The lowest BCUT2D eigenvalue weighted by molar-refractivity contribution is 0.414. The summed E-state index contributed by atoms with van der Waals surface area (Å²) < 4.78 is 34.2. The number of hydrogen-bond acceptors (Lipinski definition) is 5. The first kappa shape index (κ1) is 18.5. The van der Waals surface area contributed by atoms with Crippen molar-refractivity contribution in [3.8, 4) is 16.3 Å². The second kappa shape index (κ2) is 7.26. The van der Waals surface area contributed by atoms with Gasteiger partial charge in [-0.2, -0.15) is 0 Å². The molecule has 0 amide bonds. The van der Waals surface area contributed by atoms with Crippen LogP contribution in [-0.2, 0) is 10.0 Å². The number of hydrogen-bond donors (Lipinski definition) is 1. The Balaban J connectivity index is 1.62. The van der Waals surface area contributed by atoms with Gasteiger partial charge in [0, 0.05) is 5.56 Å². The molecule has 4 aromatic rings. The van der Waals surface area contributed by atoms with Gasteiger partial charge in [0.2, 0.25) is 0 Å². The molecular formula is C21H18N2O3S2. The van der Waals surface area contributed by atoms with Crippen molar-refractivity contribution in [3.05, 3.63) is 72.3 Å². The fraction of sp³-hybridized carbons (Fsp3) is 0.0952. The Labute approximate surface area is 167 Å². The van der Waals surface area contributed by atoms with E-state index in [-0.39, 0.29) is 4.90 Å². The van der Waals surface area contributed by atoms with Gasteiger partial charge in [-0.25, -0.2) is 13.4 Å². The van der Waals surface area contributed by atoms with E-state index in [0.29, 0.717) is 11.4 Å². The summed E-state index contributed by atoms with van der Waals surface area (Å²) in [6.07, 6.45) is 0. The van der Waals surface area contributed by atoms with Crippen LogP contribution in [0.1, 0.15) is 5.56 Å². The number of nitrogens with zero attached hydrogens (tertiary/aromatic N) is 1. The van der Waals surface area contributed by atoms with Crippen molar-refractivity contribution in [1.82, 2.24) is 4.98 Å². The third-order valence-electron chi connectivity index (χ3n) is 4.38. The molecule has 0 radical (unpaired) electrons. The van der Waals surface area contributed by atoms with E-state index in [9.17, 15) is 8.42 Å². The van der Waals surface area contributed by atoms with E-state index in [1.807, 2.05) is 43.3 Å². The molecule has 0 bridgehead atoms. The molecule has 0 fully saturated rings. The third-order valence-corrected chi connectivity index (χ3v) is 6.85. The van der Waals surface area contributed by atoms with Crippen molar-refractivity contribution in [3.63, 3.8) is 0 Å². The van der Waals surface area contributed by atoms with Crippen LogP contribution < -0.4 is 9.46 Å². The number of ether oxygens (including phenoxy) is 1. The van der Waals surface area contributed by atoms with E-state index in [2.05, 4.69) is 9.71 Å². The molecule has 3 aromatic carbocycles. The second-order valence-electron chi connectivity index (χ2n) is 6.30. The number of thiazole rings is 1. The monoisotopic (exact) mass is 410 g/mol. The Morgan fingerprint density at radius 2 is 1.75 bits per heavy atom. The minimum absolute atomic E-state index is 0.183. The van der Waals surface area contributed by atoms with Crippen LogP contribution in [-0.4, -0.2) is 20.5 Å². The number of aromatic nitrogens is 1. The maximum absolute atomic E-state index is 12.7. The summed E-state index contributed by atoms with van der Waals surface area (Å²) in [5.41, 5.74) is 3.30. The van der Waals surface area contributed by atoms with Crippen LogP contribution in [0.25, 0.3) is 20.8 Å². The molecule has 1 heterocycles. The fourth-order valence-corrected chi connectivity index (χ4v) is 4.96. The molecule has 0 saturated heterocycles. The lowest BCUT2D eigenvalue weighted by Gasteiger charge is -2.12. The SMILES string of the molecule is COc1ccc(S(=O)(=O)Nc2ccc(-c3nc4ccccc4s3)cc2C)cc1. The zero-order valence-electron chi connectivity index (χ0n) is 15.3. The molecule has 0 spiro atoms. The largest absolute Gasteiger partial charge is 0.497 e. The van der Waals surface area contributed by atoms with Crippen LogP contribution in [0, 0.1) is 6.92 Å². The van der Waals surface area contributed by atoms with E-state index in [4.69, 9.17) is 4.74 Å². The van der Waals surface area contributed by atoms with Crippen molar-refractivity contribution in [2.24, 2.45) is 0 Å². The summed E-state index contributed by atoms with van der Waals surface area (Å²) in [5.74, 6) is 0.607. The average molecular weight is 411 g/mol. The number of fused-ring (bicyclic) bond motifs is 1. The minimum atomic E-state index is -3.68. The Morgan fingerprint density at radius 3 is 2.43 bits per heavy atom. The summed E-state index contributed by atoms with van der Waals surface area (Å²) in [6, 6.07) is 19.9. The lowest BCUT2D eigenvalue weighted by Crippen LogP contribution is -2.13. The van der Waals surface area contributed by atoms with E-state index >= 15 is 0 Å². The van der Waals surface area contributed by atoms with E-state index in [0.717, 1.165) is 26.4 Å². The summed E-state index contributed by atoms with van der Waals surface area (Å²) in [5, 5.41) is 0.911. The number of nitrogens with one attached hydrogen (secondary N) is 1. The molecule has 1 N–H and O–H groups in total. The molecule has 0 atom stereocenters. The van der Waals surface area contributed by atoms with Gasteiger partial charge in [0.05, 0.1) is 27.9 Å². The molecule has 0 aliphatic rings. The maximum atomic E-state index is 12.7. The van der Waals surface area contributed by atoms with E-state index in [1.165, 1.54) is 19.2 Å². The first-order chi connectivity index (χ1) is 13.5. The van der Waals surface area contributed by atoms with Crippen molar-refractivity contribution in [2.75, 3.05) is 11.8 Å². The van der Waals surface area contributed by atoms with Crippen LogP contribution in [0.4, 0.5) is 5.69 Å². The molecule has 0 aliphatic carbocycles. The Bertz CT molecular complexity index is 1210. The van der Waals surface area contributed by atoms with Gasteiger partial charge in [-0.3, -0.25) is 4.72 Å². The van der Waals surface area contributed by atoms with Gasteiger partial charge in [0.1, 0.15) is 10.8 Å². The van der Waals surface area contributed by atoms with E-state index in [1.54, 1.807) is 29.5 Å². The lowest BCUT2D eigenvalue weighted by atomic mass is 10.1. The first-order valence-electron chi connectivity index (χ1n) is 8.60. The Kier molecular flexibility index (Phi) is 4.78. The van der Waals surface area contributed by atoms with Gasteiger partial charge in [-0.15, -0.1) is 11.3 Å². The smallest absolute Gasteiger partial charge is 0.261 e. The standard InChI is InChI=1S/C21H18N2O3S2/c1-14-13-15(21-22-19-5-3-4-6-20(19)27-21)7-12-18(14)23-28(24,25)17-10-8-16(26-2)9-11-17/h3-13,23H,1-2H3. The van der Waals surface area contributed by atoms with Crippen LogP contribution in [0.2, 0.25) is 0 Å². The molecule has 28 heavy (non-hydrogen) atoms. The number of benzene rings is 3. The van der Waals surface area contributed by atoms with Gasteiger partial charge in [0.15, 0.2) is 0 Å². The molecule has 1 aromatic heterocycles. The summed E-state index contributed by atoms with van der Waals surface area (Å²) in [6.45, 7) is 1.88.